The number of nitrogens with zero attached hydrogens (tertiary/aromatic N) is 3. The lowest BCUT2D eigenvalue weighted by atomic mass is 9.95. The number of nitrogens with one attached hydrogen (secondary N) is 3. The fourth-order valence-corrected chi connectivity index (χ4v) is 3.21. The van der Waals surface area contributed by atoms with E-state index in [9.17, 15) is 27.9 Å². The maximum Gasteiger partial charge on any atom is 0.336 e. The molecule has 0 aliphatic rings. The van der Waals surface area contributed by atoms with E-state index in [1.54, 1.807) is 0 Å². The average molecular weight is 602 g/mol. The second-order valence-corrected chi connectivity index (χ2v) is 11.4. The number of carbonyl (C=O) groups excluding carboxylic acids is 2. The van der Waals surface area contributed by atoms with E-state index < -0.39 is 27.9 Å². The fraction of sp³-hybridized carbons (Fsp3) is 0.269. The largest absolute Gasteiger partial charge is 0.481 e. The first-order valence-electron chi connectivity index (χ1n) is 12.0. The SMILES string of the molecule is COc1ccc(-c2ccc(C(=O)NCC(C)(C)C)cc2C(=O)O)c(C(=O)Nc2cnc(C(=N)N)nc2)n1.CS(=O)(=O)O. The molecule has 2 heterocycles. The van der Waals surface area contributed by atoms with Gasteiger partial charge in [0.05, 0.1) is 37.0 Å². The predicted octanol–water partition coefficient (Wildman–Crippen LogP) is 2.06. The zero-order valence-corrected chi connectivity index (χ0v) is 24.2. The number of ether oxygens (including phenoxy) is 1. The van der Waals surface area contributed by atoms with Crippen LogP contribution in [0, 0.1) is 10.8 Å². The van der Waals surface area contributed by atoms with Gasteiger partial charge in [0, 0.05) is 23.7 Å². The molecule has 224 valence electrons. The number of pyridine rings is 1. The Morgan fingerprint density at radius 2 is 1.62 bits per heavy atom. The molecule has 7 N–H and O–H groups in total. The van der Waals surface area contributed by atoms with Gasteiger partial charge in [0.15, 0.2) is 11.7 Å². The van der Waals surface area contributed by atoms with Crippen LogP contribution in [0.3, 0.4) is 0 Å². The summed E-state index contributed by atoms with van der Waals surface area (Å²) in [5.41, 5.74) is 5.65. The molecule has 0 atom stereocenters. The molecule has 0 aliphatic carbocycles. The summed E-state index contributed by atoms with van der Waals surface area (Å²) in [6.07, 6.45) is 3.26. The van der Waals surface area contributed by atoms with Crippen molar-refractivity contribution in [2.45, 2.75) is 20.8 Å². The van der Waals surface area contributed by atoms with Crippen LogP contribution in [0.5, 0.6) is 5.88 Å². The lowest BCUT2D eigenvalue weighted by Gasteiger charge is -2.19. The van der Waals surface area contributed by atoms with Gasteiger partial charge in [0.25, 0.3) is 21.9 Å². The van der Waals surface area contributed by atoms with E-state index in [0.717, 1.165) is 0 Å². The number of carboxylic acids is 1. The quantitative estimate of drug-likeness (QED) is 0.123. The van der Waals surface area contributed by atoms with Gasteiger partial charge in [-0.15, -0.1) is 0 Å². The number of nitrogen functional groups attached to an aromatic ring is 1. The smallest absolute Gasteiger partial charge is 0.336 e. The van der Waals surface area contributed by atoms with E-state index in [1.165, 1.54) is 49.8 Å². The van der Waals surface area contributed by atoms with Gasteiger partial charge in [-0.25, -0.2) is 19.7 Å². The van der Waals surface area contributed by atoms with Crippen LogP contribution in [0.15, 0.2) is 42.7 Å². The van der Waals surface area contributed by atoms with Gasteiger partial charge in [-0.2, -0.15) is 8.42 Å². The molecule has 0 fully saturated rings. The van der Waals surface area contributed by atoms with Crippen LogP contribution in [0.25, 0.3) is 11.1 Å². The normalized spacial score (nSPS) is 11.0. The van der Waals surface area contributed by atoms with Crippen molar-refractivity contribution in [3.8, 4) is 17.0 Å². The zero-order chi connectivity index (χ0) is 31.8. The van der Waals surface area contributed by atoms with Gasteiger partial charge in [0.2, 0.25) is 5.88 Å². The molecule has 42 heavy (non-hydrogen) atoms. The third-order valence-corrected chi connectivity index (χ3v) is 5.03. The summed E-state index contributed by atoms with van der Waals surface area (Å²) in [5.74, 6) is -2.58. The molecule has 1 aromatic carbocycles. The standard InChI is InChI=1S/C25H27N7O5.CH4O3S/c1-25(2,3)12-30-22(33)13-5-6-15(17(9-13)24(35)36)16-7-8-18(37-4)32-19(16)23(34)31-14-10-28-21(20(26)27)29-11-14;1-5(2,3)4/h5-11H,12H2,1-4H3,(H3,26,27)(H,30,33)(H,31,34)(H,35,36);1H3,(H,2,3,4). The molecule has 2 amide bonds. The van der Waals surface area contributed by atoms with Crippen molar-refractivity contribution < 1.29 is 37.2 Å². The lowest BCUT2D eigenvalue weighted by Crippen LogP contribution is -2.32. The van der Waals surface area contributed by atoms with E-state index in [0.29, 0.717) is 12.8 Å². The van der Waals surface area contributed by atoms with Gasteiger partial charge in [-0.3, -0.25) is 19.6 Å². The fourth-order valence-electron chi connectivity index (χ4n) is 3.21. The Morgan fingerprint density at radius 3 is 2.12 bits per heavy atom. The van der Waals surface area contributed by atoms with Crippen molar-refractivity contribution >= 4 is 39.4 Å². The minimum absolute atomic E-state index is 0.00378. The number of rotatable bonds is 8. The van der Waals surface area contributed by atoms with E-state index >= 15 is 0 Å². The van der Waals surface area contributed by atoms with Gasteiger partial charge in [-0.1, -0.05) is 26.8 Å². The second-order valence-electron chi connectivity index (χ2n) is 9.95. The monoisotopic (exact) mass is 601 g/mol. The summed E-state index contributed by atoms with van der Waals surface area (Å²) in [6, 6.07) is 7.21. The van der Waals surface area contributed by atoms with Crippen molar-refractivity contribution in [3.63, 3.8) is 0 Å². The van der Waals surface area contributed by atoms with Gasteiger partial charge in [0.1, 0.15) is 5.69 Å². The van der Waals surface area contributed by atoms with Gasteiger partial charge < -0.3 is 26.2 Å². The first-order chi connectivity index (χ1) is 19.4. The highest BCUT2D eigenvalue weighted by molar-refractivity contribution is 7.85. The Bertz CT molecular complexity index is 1590. The Balaban J connectivity index is 0.00000113. The number of nitrogens with two attached hydrogens (primary N) is 1. The number of carboxylic acid groups (broad SMARTS) is 1. The van der Waals surface area contributed by atoms with Crippen molar-refractivity contribution in [3.05, 3.63) is 65.4 Å². The van der Waals surface area contributed by atoms with Crippen LogP contribution < -0.4 is 21.1 Å². The second kappa shape index (κ2) is 13.6. The van der Waals surface area contributed by atoms with Crippen LogP contribution in [0.1, 0.15) is 57.8 Å². The van der Waals surface area contributed by atoms with Crippen LogP contribution in [-0.2, 0) is 10.1 Å². The Labute approximate surface area is 241 Å². The number of anilines is 1. The van der Waals surface area contributed by atoms with E-state index in [1.807, 2.05) is 20.8 Å². The molecule has 0 saturated heterocycles. The molecule has 0 saturated carbocycles. The summed E-state index contributed by atoms with van der Waals surface area (Å²) >= 11 is 0. The Kier molecular flexibility index (Phi) is 10.8. The third-order valence-electron chi connectivity index (χ3n) is 5.03. The topological polar surface area (TPSA) is 248 Å². The molecule has 15 nitrogen and oxygen atoms in total. The van der Waals surface area contributed by atoms with Crippen LogP contribution >= 0.6 is 0 Å². The molecule has 3 rings (SSSR count). The van der Waals surface area contributed by atoms with E-state index in [-0.39, 0.29) is 56.6 Å². The molecule has 0 unspecified atom stereocenters. The van der Waals surface area contributed by atoms with Crippen LogP contribution in [0.4, 0.5) is 5.69 Å². The number of amides is 2. The van der Waals surface area contributed by atoms with Crippen LogP contribution in [-0.4, -0.2) is 76.6 Å². The molecule has 2 aromatic heterocycles. The predicted molar refractivity (Wildman–Crippen MR) is 153 cm³/mol. The van der Waals surface area contributed by atoms with Crippen molar-refractivity contribution in [1.82, 2.24) is 20.3 Å². The highest BCUT2D eigenvalue weighted by atomic mass is 32.2. The number of benzene rings is 1. The molecule has 0 bridgehead atoms. The van der Waals surface area contributed by atoms with Crippen molar-refractivity contribution in [2.24, 2.45) is 11.1 Å². The summed E-state index contributed by atoms with van der Waals surface area (Å²) in [7, 11) is -2.29. The average Bonchev–Trinajstić information content (AvgIpc) is 2.90. The molecule has 0 aliphatic heterocycles. The molecule has 0 radical (unpaired) electrons. The minimum atomic E-state index is -3.67. The van der Waals surface area contributed by atoms with Gasteiger partial charge in [-0.05, 0) is 29.2 Å². The number of carbonyl (C=O) groups is 3. The minimum Gasteiger partial charge on any atom is -0.481 e. The maximum absolute atomic E-state index is 13.2. The number of methoxy groups -OCH3 is 1. The Morgan fingerprint density at radius 1 is 1.05 bits per heavy atom. The molecule has 3 aromatic rings. The third kappa shape index (κ3) is 10.2. The summed E-state index contributed by atoms with van der Waals surface area (Å²) in [5, 5.41) is 22.7. The van der Waals surface area contributed by atoms with E-state index in [4.69, 9.17) is 20.4 Å². The van der Waals surface area contributed by atoms with Crippen molar-refractivity contribution in [2.75, 3.05) is 25.2 Å². The highest BCUT2D eigenvalue weighted by Gasteiger charge is 2.23. The summed E-state index contributed by atoms with van der Waals surface area (Å²) < 4.78 is 31.0. The number of aromatic carboxylic acids is 1. The number of hydrogen-bond donors (Lipinski definition) is 6. The number of hydrogen-bond acceptors (Lipinski definition) is 10. The zero-order valence-electron chi connectivity index (χ0n) is 23.4. The molecule has 0 spiro atoms. The first-order valence-corrected chi connectivity index (χ1v) is 13.9. The van der Waals surface area contributed by atoms with Crippen molar-refractivity contribution in [1.29, 1.82) is 5.41 Å². The highest BCUT2D eigenvalue weighted by Crippen LogP contribution is 2.30. The maximum atomic E-state index is 13.2. The number of aromatic nitrogens is 3. The Hall–Kier alpha value is -4.96. The molecule has 16 heteroatoms. The van der Waals surface area contributed by atoms with Gasteiger partial charge >= 0.3 is 5.97 Å². The molecular weight excluding hydrogens is 570 g/mol. The van der Waals surface area contributed by atoms with Crippen LogP contribution in [0.2, 0.25) is 0 Å². The number of amidine groups is 1. The first kappa shape index (κ1) is 33.2. The summed E-state index contributed by atoms with van der Waals surface area (Å²) in [4.78, 5) is 49.9. The molecular formula is C26H31N7O8S. The lowest BCUT2D eigenvalue weighted by molar-refractivity contribution is 0.0697. The van der Waals surface area contributed by atoms with E-state index in [2.05, 4.69) is 25.6 Å². The summed E-state index contributed by atoms with van der Waals surface area (Å²) in [6.45, 7) is 6.30.